The Morgan fingerprint density at radius 1 is 1.17 bits per heavy atom. The highest BCUT2D eigenvalue weighted by molar-refractivity contribution is 7.13. The summed E-state index contributed by atoms with van der Waals surface area (Å²) in [6.45, 7) is -0.553. The van der Waals surface area contributed by atoms with E-state index in [4.69, 9.17) is 0 Å². The minimum atomic E-state index is -1.25. The van der Waals surface area contributed by atoms with Crippen LogP contribution >= 0.6 is 11.3 Å². The summed E-state index contributed by atoms with van der Waals surface area (Å²) in [6.07, 6.45) is 0. The molecule has 24 heavy (non-hydrogen) atoms. The van der Waals surface area contributed by atoms with E-state index in [-0.39, 0.29) is 11.4 Å². The molecule has 0 unspecified atom stereocenters. The maximum atomic E-state index is 12.8. The number of Topliss-reactive ketones (excluding diaryl/α,β-unsaturated/α-hetero) is 1. The molecular weight excluding hydrogens is 335 g/mol. The normalized spacial score (nSPS) is 11.6. The van der Waals surface area contributed by atoms with Crippen LogP contribution in [0, 0.1) is 5.82 Å². The Labute approximate surface area is 141 Å². The zero-order chi connectivity index (χ0) is 17.5. The van der Waals surface area contributed by atoms with Gasteiger partial charge in [0, 0.05) is 6.54 Å². The molecule has 0 saturated carbocycles. The van der Waals surface area contributed by atoms with Gasteiger partial charge in [-0.2, -0.15) is 0 Å². The highest BCUT2D eigenvalue weighted by atomic mass is 32.1. The molecule has 1 aromatic carbocycles. The predicted octanol–water partition coefficient (Wildman–Crippen LogP) is 0.863. The van der Waals surface area contributed by atoms with E-state index in [0.717, 1.165) is 11.3 Å². The lowest BCUT2D eigenvalue weighted by molar-refractivity contribution is -0.128. The summed E-state index contributed by atoms with van der Waals surface area (Å²) >= 11 is 1.11. The molecule has 0 aliphatic heterocycles. The van der Waals surface area contributed by atoms with Gasteiger partial charge in [-0.3, -0.25) is 14.4 Å². The number of aliphatic hydroxyl groups excluding tert-OH is 1. The van der Waals surface area contributed by atoms with Crippen molar-refractivity contribution in [3.8, 4) is 0 Å². The van der Waals surface area contributed by atoms with Crippen molar-refractivity contribution in [2.75, 3.05) is 6.61 Å². The van der Waals surface area contributed by atoms with Crippen molar-refractivity contribution in [1.29, 1.82) is 0 Å². The predicted molar refractivity (Wildman–Crippen MR) is 85.9 cm³/mol. The van der Waals surface area contributed by atoms with Crippen LogP contribution in [0.4, 0.5) is 4.39 Å². The number of rotatable bonds is 7. The van der Waals surface area contributed by atoms with Crippen LogP contribution in [0.1, 0.15) is 15.2 Å². The van der Waals surface area contributed by atoms with Gasteiger partial charge >= 0.3 is 0 Å². The molecule has 0 aliphatic carbocycles. The molecule has 1 aromatic heterocycles. The lowest BCUT2D eigenvalue weighted by Crippen LogP contribution is -2.50. The third-order valence-corrected chi connectivity index (χ3v) is 4.00. The van der Waals surface area contributed by atoms with E-state index in [2.05, 4.69) is 10.6 Å². The first kappa shape index (κ1) is 17.8. The lowest BCUT2D eigenvalue weighted by Gasteiger charge is -2.15. The Morgan fingerprint density at radius 2 is 1.88 bits per heavy atom. The van der Waals surface area contributed by atoms with Gasteiger partial charge < -0.3 is 15.7 Å². The number of carbonyl (C=O) groups is 3. The van der Waals surface area contributed by atoms with Gasteiger partial charge in [0.2, 0.25) is 5.91 Å². The van der Waals surface area contributed by atoms with Gasteiger partial charge in [0.15, 0.2) is 0 Å². The average molecular weight is 350 g/mol. The molecule has 0 aliphatic rings. The van der Waals surface area contributed by atoms with Crippen molar-refractivity contribution in [2.45, 2.75) is 12.6 Å². The molecule has 126 valence electrons. The Bertz CT molecular complexity index is 716. The van der Waals surface area contributed by atoms with Crippen LogP contribution in [0.25, 0.3) is 0 Å². The maximum absolute atomic E-state index is 12.8. The van der Waals surface area contributed by atoms with E-state index in [1.54, 1.807) is 11.4 Å². The largest absolute Gasteiger partial charge is 0.394 e. The number of hydrogen-bond acceptors (Lipinski definition) is 5. The van der Waals surface area contributed by atoms with E-state index in [1.165, 1.54) is 30.3 Å². The highest BCUT2D eigenvalue weighted by Crippen LogP contribution is 2.09. The summed E-state index contributed by atoms with van der Waals surface area (Å²) in [7, 11) is 0. The molecule has 2 rings (SSSR count). The second-order valence-electron chi connectivity index (χ2n) is 4.86. The number of amides is 2. The summed E-state index contributed by atoms with van der Waals surface area (Å²) in [5, 5.41) is 15.6. The quantitative estimate of drug-likeness (QED) is 0.510. The van der Waals surface area contributed by atoms with Crippen LogP contribution in [0.3, 0.4) is 0 Å². The van der Waals surface area contributed by atoms with Crippen LogP contribution in [0.2, 0.25) is 0 Å². The third-order valence-electron chi connectivity index (χ3n) is 3.14. The van der Waals surface area contributed by atoms with E-state index >= 15 is 0 Å². The number of halogens is 1. The van der Waals surface area contributed by atoms with Crippen molar-refractivity contribution < 1.29 is 23.9 Å². The SMILES string of the molecule is O=C(N[C@@H](CO)C(=O)NCc1ccc(F)cc1)C(=O)c1cccs1. The molecule has 2 amide bonds. The van der Waals surface area contributed by atoms with Crippen molar-refractivity contribution in [3.05, 3.63) is 58.0 Å². The fourth-order valence-corrected chi connectivity index (χ4v) is 2.51. The zero-order valence-corrected chi connectivity index (χ0v) is 13.3. The summed E-state index contributed by atoms with van der Waals surface area (Å²) in [4.78, 5) is 35.9. The van der Waals surface area contributed by atoms with Crippen molar-refractivity contribution in [3.63, 3.8) is 0 Å². The molecule has 1 atom stereocenters. The van der Waals surface area contributed by atoms with Crippen molar-refractivity contribution >= 4 is 28.9 Å². The molecule has 0 bridgehead atoms. The number of aliphatic hydroxyl groups is 1. The summed E-state index contributed by atoms with van der Waals surface area (Å²) in [5.41, 5.74) is 0.655. The third kappa shape index (κ3) is 4.71. The summed E-state index contributed by atoms with van der Waals surface area (Å²) in [5.74, 6) is -2.77. The fourth-order valence-electron chi connectivity index (χ4n) is 1.85. The topological polar surface area (TPSA) is 95.5 Å². The minimum Gasteiger partial charge on any atom is -0.394 e. The molecule has 2 aromatic rings. The van der Waals surface area contributed by atoms with E-state index < -0.39 is 36.1 Å². The monoisotopic (exact) mass is 350 g/mol. The van der Waals surface area contributed by atoms with Gasteiger partial charge in [-0.1, -0.05) is 18.2 Å². The zero-order valence-electron chi connectivity index (χ0n) is 12.5. The van der Waals surface area contributed by atoms with Crippen LogP contribution in [-0.2, 0) is 16.1 Å². The molecule has 8 heteroatoms. The highest BCUT2D eigenvalue weighted by Gasteiger charge is 2.24. The Balaban J connectivity index is 1.90. The molecule has 1 heterocycles. The molecular formula is C16H15FN2O4S. The molecule has 0 fully saturated rings. The number of carbonyl (C=O) groups excluding carboxylic acids is 3. The Morgan fingerprint density at radius 3 is 2.46 bits per heavy atom. The number of ketones is 1. The number of benzene rings is 1. The second-order valence-corrected chi connectivity index (χ2v) is 5.81. The summed E-state index contributed by atoms with van der Waals surface area (Å²) in [6, 6.07) is 7.39. The first-order valence-electron chi connectivity index (χ1n) is 7.03. The number of nitrogens with one attached hydrogen (secondary N) is 2. The standard InChI is InChI=1S/C16H15FN2O4S/c17-11-5-3-10(4-6-11)8-18-15(22)12(9-20)19-16(23)14(21)13-2-1-7-24-13/h1-7,12,20H,8-9H2,(H,18,22)(H,19,23)/t12-/m0/s1. The molecule has 0 radical (unpaired) electrons. The van der Waals surface area contributed by atoms with Gasteiger partial charge in [-0.15, -0.1) is 11.3 Å². The van der Waals surface area contributed by atoms with Gasteiger partial charge in [-0.25, -0.2) is 4.39 Å². The van der Waals surface area contributed by atoms with Gasteiger partial charge in [0.05, 0.1) is 11.5 Å². The first-order valence-corrected chi connectivity index (χ1v) is 7.91. The van der Waals surface area contributed by atoms with E-state index in [1.807, 2.05) is 0 Å². The average Bonchev–Trinajstić information content (AvgIpc) is 3.12. The maximum Gasteiger partial charge on any atom is 0.293 e. The van der Waals surface area contributed by atoms with Crippen LogP contribution in [0.5, 0.6) is 0 Å². The number of thiophene rings is 1. The minimum absolute atomic E-state index is 0.102. The number of hydrogen-bond donors (Lipinski definition) is 3. The lowest BCUT2D eigenvalue weighted by atomic mass is 10.2. The van der Waals surface area contributed by atoms with E-state index in [0.29, 0.717) is 5.56 Å². The van der Waals surface area contributed by atoms with Crippen LogP contribution < -0.4 is 10.6 Å². The smallest absolute Gasteiger partial charge is 0.293 e. The van der Waals surface area contributed by atoms with E-state index in [9.17, 15) is 23.9 Å². The molecule has 0 spiro atoms. The van der Waals surface area contributed by atoms with Crippen molar-refractivity contribution in [1.82, 2.24) is 10.6 Å². The molecule has 3 N–H and O–H groups in total. The van der Waals surface area contributed by atoms with Gasteiger partial charge in [0.1, 0.15) is 11.9 Å². The molecule has 6 nitrogen and oxygen atoms in total. The molecule has 0 saturated heterocycles. The van der Waals surface area contributed by atoms with Crippen LogP contribution in [0.15, 0.2) is 41.8 Å². The first-order chi connectivity index (χ1) is 11.5. The van der Waals surface area contributed by atoms with Crippen LogP contribution in [-0.4, -0.2) is 35.4 Å². The Kier molecular flexibility index (Phi) is 6.16. The van der Waals surface area contributed by atoms with Gasteiger partial charge in [-0.05, 0) is 29.1 Å². The fraction of sp³-hybridized carbons (Fsp3) is 0.188. The summed E-state index contributed by atoms with van der Waals surface area (Å²) < 4.78 is 12.8. The van der Waals surface area contributed by atoms with Crippen molar-refractivity contribution in [2.24, 2.45) is 0 Å². The Hall–Kier alpha value is -2.58. The second kappa shape index (κ2) is 8.32. The van der Waals surface area contributed by atoms with Gasteiger partial charge in [0.25, 0.3) is 11.7 Å².